The maximum Gasteiger partial charge on any atom is 0.340 e. The molecule has 2 rings (SSSR count). The zero-order valence-electron chi connectivity index (χ0n) is 11.2. The Balaban J connectivity index is 2.43. The summed E-state index contributed by atoms with van der Waals surface area (Å²) < 4.78 is 5.74. The van der Waals surface area contributed by atoms with Crippen LogP contribution in [0.1, 0.15) is 15.9 Å². The Morgan fingerprint density at radius 1 is 1.20 bits per heavy atom. The molecule has 0 unspecified atom stereocenters. The Kier molecular flexibility index (Phi) is 4.29. The van der Waals surface area contributed by atoms with E-state index in [1.54, 1.807) is 18.2 Å². The van der Waals surface area contributed by atoms with Crippen LogP contribution in [-0.4, -0.2) is 13.1 Å². The molecule has 20 heavy (non-hydrogen) atoms. The van der Waals surface area contributed by atoms with Crippen molar-refractivity contribution in [1.82, 2.24) is 0 Å². The van der Waals surface area contributed by atoms with Gasteiger partial charge in [-0.25, -0.2) is 4.79 Å². The van der Waals surface area contributed by atoms with E-state index in [2.05, 4.69) is 21.2 Å². The summed E-state index contributed by atoms with van der Waals surface area (Å²) in [7, 11) is 1.35. The van der Waals surface area contributed by atoms with Crippen molar-refractivity contribution in [3.05, 3.63) is 52.0 Å². The van der Waals surface area contributed by atoms with Gasteiger partial charge in [0.1, 0.15) is 0 Å². The highest BCUT2D eigenvalue weighted by molar-refractivity contribution is 9.10. The standard InChI is InChI=1S/C15H15BrN2O2/c1-9-3-4-10(16)7-14(9)18-13-6-5-11(17)8-12(13)15(19)20-2/h3-8,18H,17H2,1-2H3. The van der Waals surface area contributed by atoms with Crippen LogP contribution in [-0.2, 0) is 4.74 Å². The van der Waals surface area contributed by atoms with Gasteiger partial charge in [0.2, 0.25) is 0 Å². The molecule has 0 radical (unpaired) electrons. The summed E-state index contributed by atoms with van der Waals surface area (Å²) in [6.07, 6.45) is 0. The minimum atomic E-state index is -0.424. The van der Waals surface area contributed by atoms with Crippen LogP contribution in [0.5, 0.6) is 0 Å². The lowest BCUT2D eigenvalue weighted by atomic mass is 10.1. The zero-order valence-corrected chi connectivity index (χ0v) is 12.8. The number of esters is 1. The average molecular weight is 335 g/mol. The summed E-state index contributed by atoms with van der Waals surface area (Å²) in [5, 5.41) is 3.24. The monoisotopic (exact) mass is 334 g/mol. The van der Waals surface area contributed by atoms with Gasteiger partial charge in [-0.1, -0.05) is 22.0 Å². The molecule has 0 aliphatic rings. The van der Waals surface area contributed by atoms with Gasteiger partial charge >= 0.3 is 5.97 Å². The molecule has 104 valence electrons. The third-order valence-corrected chi connectivity index (χ3v) is 3.41. The average Bonchev–Trinajstić information content (AvgIpc) is 2.43. The number of aryl methyl sites for hydroxylation is 1. The van der Waals surface area contributed by atoms with Gasteiger partial charge in [0, 0.05) is 15.8 Å². The number of hydrogen-bond acceptors (Lipinski definition) is 4. The largest absolute Gasteiger partial charge is 0.465 e. The normalized spacial score (nSPS) is 10.2. The number of carbonyl (C=O) groups is 1. The Labute approximate surface area is 126 Å². The van der Waals surface area contributed by atoms with Crippen LogP contribution in [0, 0.1) is 6.92 Å². The number of halogens is 1. The summed E-state index contributed by atoms with van der Waals surface area (Å²) >= 11 is 3.43. The molecule has 0 aliphatic carbocycles. The lowest BCUT2D eigenvalue weighted by Gasteiger charge is -2.13. The first-order valence-corrected chi connectivity index (χ1v) is 6.81. The van der Waals surface area contributed by atoms with E-state index in [4.69, 9.17) is 10.5 Å². The van der Waals surface area contributed by atoms with E-state index in [0.717, 1.165) is 15.7 Å². The highest BCUT2D eigenvalue weighted by atomic mass is 79.9. The maximum absolute atomic E-state index is 11.8. The molecule has 3 N–H and O–H groups in total. The van der Waals surface area contributed by atoms with Crippen molar-refractivity contribution in [3.8, 4) is 0 Å². The molecule has 2 aromatic rings. The van der Waals surface area contributed by atoms with Gasteiger partial charge in [-0.05, 0) is 42.8 Å². The smallest absolute Gasteiger partial charge is 0.340 e. The van der Waals surface area contributed by atoms with Gasteiger partial charge < -0.3 is 15.8 Å². The van der Waals surface area contributed by atoms with Crippen LogP contribution in [0.2, 0.25) is 0 Å². The number of nitrogens with two attached hydrogens (primary N) is 1. The summed E-state index contributed by atoms with van der Waals surface area (Å²) in [5.41, 5.74) is 9.29. The molecule has 2 aromatic carbocycles. The quantitative estimate of drug-likeness (QED) is 0.660. The van der Waals surface area contributed by atoms with Crippen LogP contribution >= 0.6 is 15.9 Å². The van der Waals surface area contributed by atoms with Crippen LogP contribution in [0.15, 0.2) is 40.9 Å². The predicted octanol–water partition coefficient (Wildman–Crippen LogP) is 3.87. The number of nitrogen functional groups attached to an aromatic ring is 1. The first kappa shape index (κ1) is 14.4. The molecular weight excluding hydrogens is 320 g/mol. The molecule has 0 amide bonds. The van der Waals surface area contributed by atoms with Crippen molar-refractivity contribution in [2.45, 2.75) is 6.92 Å². The van der Waals surface area contributed by atoms with Gasteiger partial charge in [-0.15, -0.1) is 0 Å². The van der Waals surface area contributed by atoms with E-state index >= 15 is 0 Å². The second-order valence-electron chi connectivity index (χ2n) is 4.38. The van der Waals surface area contributed by atoms with E-state index < -0.39 is 5.97 Å². The van der Waals surface area contributed by atoms with E-state index in [1.165, 1.54) is 7.11 Å². The fourth-order valence-corrected chi connectivity index (χ4v) is 2.18. The number of hydrogen-bond donors (Lipinski definition) is 2. The van der Waals surface area contributed by atoms with Crippen LogP contribution in [0.3, 0.4) is 0 Å². The molecule has 0 fully saturated rings. The minimum Gasteiger partial charge on any atom is -0.465 e. The van der Waals surface area contributed by atoms with Crippen molar-refractivity contribution >= 4 is 39.0 Å². The van der Waals surface area contributed by atoms with Gasteiger partial charge in [0.15, 0.2) is 0 Å². The Morgan fingerprint density at radius 2 is 1.95 bits per heavy atom. The van der Waals surface area contributed by atoms with E-state index in [-0.39, 0.29) is 0 Å². The number of methoxy groups -OCH3 is 1. The summed E-state index contributed by atoms with van der Waals surface area (Å²) in [6.45, 7) is 1.99. The maximum atomic E-state index is 11.8. The molecule has 0 saturated heterocycles. The van der Waals surface area contributed by atoms with Gasteiger partial charge in [-0.2, -0.15) is 0 Å². The zero-order chi connectivity index (χ0) is 14.7. The molecule has 4 nitrogen and oxygen atoms in total. The second-order valence-corrected chi connectivity index (χ2v) is 5.30. The number of carbonyl (C=O) groups excluding carboxylic acids is 1. The molecular formula is C15H15BrN2O2. The number of rotatable bonds is 3. The summed E-state index contributed by atoms with van der Waals surface area (Å²) in [5.74, 6) is -0.424. The molecule has 5 heteroatoms. The number of anilines is 3. The van der Waals surface area contributed by atoms with Crippen LogP contribution < -0.4 is 11.1 Å². The molecule has 0 atom stereocenters. The van der Waals surface area contributed by atoms with Crippen molar-refractivity contribution in [2.75, 3.05) is 18.2 Å². The van der Waals surface area contributed by atoms with E-state index in [1.807, 2.05) is 25.1 Å². The third kappa shape index (κ3) is 3.11. The SMILES string of the molecule is COC(=O)c1cc(N)ccc1Nc1cc(Br)ccc1C. The topological polar surface area (TPSA) is 64.3 Å². The van der Waals surface area contributed by atoms with Crippen molar-refractivity contribution in [3.63, 3.8) is 0 Å². The molecule has 0 spiro atoms. The molecule has 0 saturated carbocycles. The Morgan fingerprint density at radius 3 is 2.65 bits per heavy atom. The number of ether oxygens (including phenoxy) is 1. The lowest BCUT2D eigenvalue weighted by molar-refractivity contribution is 0.0602. The van der Waals surface area contributed by atoms with Crippen molar-refractivity contribution in [1.29, 1.82) is 0 Å². The second kappa shape index (κ2) is 5.96. The molecule has 0 bridgehead atoms. The number of benzene rings is 2. The molecule has 0 aliphatic heterocycles. The van der Waals surface area contributed by atoms with Gasteiger partial charge in [0.05, 0.1) is 18.4 Å². The van der Waals surface area contributed by atoms with Gasteiger partial charge in [0.25, 0.3) is 0 Å². The predicted molar refractivity (Wildman–Crippen MR) is 84.4 cm³/mol. The Hall–Kier alpha value is -2.01. The van der Waals surface area contributed by atoms with Crippen molar-refractivity contribution < 1.29 is 9.53 Å². The fraction of sp³-hybridized carbons (Fsp3) is 0.133. The molecule has 0 heterocycles. The first-order chi connectivity index (χ1) is 9.51. The highest BCUT2D eigenvalue weighted by Gasteiger charge is 2.13. The van der Waals surface area contributed by atoms with Gasteiger partial charge in [-0.3, -0.25) is 0 Å². The number of nitrogens with one attached hydrogen (secondary N) is 1. The Bertz CT molecular complexity index is 656. The highest BCUT2D eigenvalue weighted by Crippen LogP contribution is 2.28. The summed E-state index contributed by atoms with van der Waals surface area (Å²) in [6, 6.07) is 11.0. The first-order valence-electron chi connectivity index (χ1n) is 6.02. The van der Waals surface area contributed by atoms with Crippen LogP contribution in [0.4, 0.5) is 17.1 Å². The summed E-state index contributed by atoms with van der Waals surface area (Å²) in [4.78, 5) is 11.8. The third-order valence-electron chi connectivity index (χ3n) is 2.92. The minimum absolute atomic E-state index is 0.409. The fourth-order valence-electron chi connectivity index (χ4n) is 1.82. The lowest BCUT2D eigenvalue weighted by Crippen LogP contribution is -2.07. The van der Waals surface area contributed by atoms with E-state index in [0.29, 0.717) is 16.9 Å². The molecule has 0 aromatic heterocycles. The van der Waals surface area contributed by atoms with E-state index in [9.17, 15) is 4.79 Å². The van der Waals surface area contributed by atoms with Crippen LogP contribution in [0.25, 0.3) is 0 Å². The van der Waals surface area contributed by atoms with Crippen molar-refractivity contribution in [2.24, 2.45) is 0 Å².